The summed E-state index contributed by atoms with van der Waals surface area (Å²) in [5.41, 5.74) is 3.89. The van der Waals surface area contributed by atoms with Crippen molar-refractivity contribution in [2.24, 2.45) is 0 Å². The lowest BCUT2D eigenvalue weighted by molar-refractivity contribution is 0.102. The second-order valence-electron chi connectivity index (χ2n) is 7.14. The van der Waals surface area contributed by atoms with Crippen molar-refractivity contribution >= 4 is 50.4 Å². The lowest BCUT2D eigenvalue weighted by Gasteiger charge is -2.15. The second kappa shape index (κ2) is 8.99. The van der Waals surface area contributed by atoms with Crippen molar-refractivity contribution in [1.29, 1.82) is 0 Å². The molecule has 0 aliphatic rings. The molecule has 11 heteroatoms. The number of halogens is 1. The summed E-state index contributed by atoms with van der Waals surface area (Å²) in [6.07, 6.45) is 0.359. The van der Waals surface area contributed by atoms with Gasteiger partial charge in [0.15, 0.2) is 0 Å². The van der Waals surface area contributed by atoms with Crippen LogP contribution in [0, 0.1) is 27.7 Å². The Hall–Kier alpha value is -2.40. The van der Waals surface area contributed by atoms with Crippen LogP contribution in [0.2, 0.25) is 5.02 Å². The molecule has 0 fully saturated rings. The van der Waals surface area contributed by atoms with Gasteiger partial charge in [-0.25, -0.2) is 13.1 Å². The molecule has 166 valence electrons. The van der Waals surface area contributed by atoms with Crippen molar-refractivity contribution < 1.29 is 22.8 Å². The van der Waals surface area contributed by atoms with Crippen molar-refractivity contribution in [2.45, 2.75) is 39.0 Å². The first-order valence-corrected chi connectivity index (χ1v) is 12.0. The van der Waals surface area contributed by atoms with E-state index in [9.17, 15) is 18.3 Å². The maximum absolute atomic E-state index is 13.1. The van der Waals surface area contributed by atoms with Gasteiger partial charge in [0.05, 0.1) is 0 Å². The fourth-order valence-corrected chi connectivity index (χ4v) is 6.11. The zero-order valence-electron chi connectivity index (χ0n) is 17.4. The molecule has 3 N–H and O–H groups in total. The number of rotatable bonds is 7. The number of hydrogen-bond acceptors (Lipinski definition) is 7. The highest BCUT2D eigenvalue weighted by molar-refractivity contribution is 7.93. The molecule has 0 saturated carbocycles. The van der Waals surface area contributed by atoms with Crippen molar-refractivity contribution in [2.75, 3.05) is 16.6 Å². The number of aliphatic hydroxyl groups is 1. The number of hydrogen-bond donors (Lipinski definition) is 3. The number of anilines is 2. The Balaban J connectivity index is 1.98. The highest BCUT2D eigenvalue weighted by Crippen LogP contribution is 2.33. The van der Waals surface area contributed by atoms with Crippen LogP contribution in [0.25, 0.3) is 0 Å². The van der Waals surface area contributed by atoms with Crippen LogP contribution < -0.4 is 10.0 Å². The fraction of sp³-hybridized carbons (Fsp3) is 0.300. The SMILES string of the molecule is Cc1cc(C)c(NC(=O)c2scc(C)c2S(=O)(=O)Nc2onc(C)c2Cl)c(CCO)c1. The molecule has 0 bridgehead atoms. The van der Waals surface area contributed by atoms with Crippen LogP contribution in [0.4, 0.5) is 11.6 Å². The number of aliphatic hydroxyl groups excluding tert-OH is 1. The molecular weight excluding hydrogens is 462 g/mol. The minimum atomic E-state index is -4.17. The predicted octanol–water partition coefficient (Wildman–Crippen LogP) is 4.21. The van der Waals surface area contributed by atoms with Crippen molar-refractivity contribution in [1.82, 2.24) is 5.16 Å². The highest BCUT2D eigenvalue weighted by atomic mass is 35.5. The number of thiophene rings is 1. The van der Waals surface area contributed by atoms with E-state index in [1.807, 2.05) is 26.0 Å². The van der Waals surface area contributed by atoms with Crippen LogP contribution in [0.5, 0.6) is 0 Å². The Labute approximate surface area is 189 Å². The van der Waals surface area contributed by atoms with E-state index in [1.165, 1.54) is 0 Å². The summed E-state index contributed by atoms with van der Waals surface area (Å²) >= 11 is 7.04. The lowest BCUT2D eigenvalue weighted by atomic mass is 10.0. The fourth-order valence-electron chi connectivity index (χ4n) is 3.24. The van der Waals surface area contributed by atoms with Crippen molar-refractivity contribution in [3.05, 3.63) is 55.4 Å². The molecule has 3 rings (SSSR count). The number of benzene rings is 1. The molecule has 1 aromatic carbocycles. The minimum Gasteiger partial charge on any atom is -0.396 e. The van der Waals surface area contributed by atoms with Gasteiger partial charge >= 0.3 is 0 Å². The quantitative estimate of drug-likeness (QED) is 0.462. The Morgan fingerprint density at radius 1 is 1.23 bits per heavy atom. The molecular formula is C20H22ClN3O5S2. The average molecular weight is 484 g/mol. The molecule has 31 heavy (non-hydrogen) atoms. The Bertz CT molecular complexity index is 1250. The Morgan fingerprint density at radius 3 is 2.55 bits per heavy atom. The molecule has 0 spiro atoms. The third kappa shape index (κ3) is 4.77. The first-order valence-electron chi connectivity index (χ1n) is 9.30. The maximum Gasteiger partial charge on any atom is 0.267 e. The van der Waals surface area contributed by atoms with Crippen molar-refractivity contribution in [3.8, 4) is 0 Å². The van der Waals surface area contributed by atoms with Gasteiger partial charge in [-0.2, -0.15) is 0 Å². The first-order chi connectivity index (χ1) is 14.5. The molecule has 3 aromatic rings. The van der Waals surface area contributed by atoms with Gasteiger partial charge in [-0.1, -0.05) is 34.5 Å². The van der Waals surface area contributed by atoms with Gasteiger partial charge in [0.2, 0.25) is 0 Å². The first kappa shape index (κ1) is 23.3. The minimum absolute atomic E-state index is 0.0206. The molecule has 0 atom stereocenters. The van der Waals surface area contributed by atoms with E-state index < -0.39 is 15.9 Å². The van der Waals surface area contributed by atoms with Crippen LogP contribution in [-0.4, -0.2) is 31.2 Å². The van der Waals surface area contributed by atoms with E-state index in [1.54, 1.807) is 19.2 Å². The summed E-state index contributed by atoms with van der Waals surface area (Å²) in [4.78, 5) is 13.0. The number of nitrogens with zero attached hydrogens (tertiary/aromatic N) is 1. The molecule has 0 unspecified atom stereocenters. The summed E-state index contributed by atoms with van der Waals surface area (Å²) < 4.78 is 33.3. The predicted molar refractivity (Wildman–Crippen MR) is 121 cm³/mol. The zero-order valence-corrected chi connectivity index (χ0v) is 19.8. The molecule has 2 aromatic heterocycles. The topological polar surface area (TPSA) is 122 Å². The number of sulfonamides is 1. The number of carbonyl (C=O) groups excluding carboxylic acids is 1. The number of aromatic nitrogens is 1. The van der Waals surface area contributed by atoms with Crippen LogP contribution in [0.1, 0.15) is 37.6 Å². The standard InChI is InChI=1S/C20H22ClN3O5S2/c1-10-7-11(2)16(14(8-10)5-6-25)22-19(26)17-18(12(3)9-30-17)31(27,28)24-20-15(21)13(4)23-29-20/h7-9,24-25H,5-6H2,1-4H3,(H,22,26). The largest absolute Gasteiger partial charge is 0.396 e. The van der Waals surface area contributed by atoms with Gasteiger partial charge in [0.25, 0.3) is 21.8 Å². The average Bonchev–Trinajstić information content (AvgIpc) is 3.22. The maximum atomic E-state index is 13.1. The van der Waals surface area contributed by atoms with E-state index in [0.717, 1.165) is 28.0 Å². The normalized spacial score (nSPS) is 11.5. The molecule has 1 amide bonds. The Morgan fingerprint density at radius 2 is 1.94 bits per heavy atom. The van der Waals surface area contributed by atoms with E-state index in [0.29, 0.717) is 23.4 Å². The third-order valence-electron chi connectivity index (χ3n) is 4.59. The summed E-state index contributed by atoms with van der Waals surface area (Å²) in [5.74, 6) is -0.778. The highest BCUT2D eigenvalue weighted by Gasteiger charge is 2.29. The molecule has 0 aliphatic carbocycles. The third-order valence-corrected chi connectivity index (χ3v) is 7.78. The monoisotopic (exact) mass is 483 g/mol. The molecule has 0 saturated heterocycles. The van der Waals surface area contributed by atoms with Gasteiger partial charge in [-0.3, -0.25) is 4.79 Å². The van der Waals surface area contributed by atoms with Crippen LogP contribution >= 0.6 is 22.9 Å². The lowest BCUT2D eigenvalue weighted by Crippen LogP contribution is -2.20. The van der Waals surface area contributed by atoms with E-state index in [-0.39, 0.29) is 27.3 Å². The summed E-state index contributed by atoms with van der Waals surface area (Å²) in [6.45, 7) is 6.87. The van der Waals surface area contributed by atoms with Gasteiger partial charge in [0, 0.05) is 12.3 Å². The summed E-state index contributed by atoms with van der Waals surface area (Å²) in [5, 5.41) is 17.5. The molecule has 8 nitrogen and oxygen atoms in total. The van der Waals surface area contributed by atoms with Crippen LogP contribution in [0.15, 0.2) is 26.9 Å². The van der Waals surface area contributed by atoms with Crippen LogP contribution in [0.3, 0.4) is 0 Å². The van der Waals surface area contributed by atoms with Crippen molar-refractivity contribution in [3.63, 3.8) is 0 Å². The molecule has 2 heterocycles. The summed E-state index contributed by atoms with van der Waals surface area (Å²) in [6, 6.07) is 3.79. The zero-order chi connectivity index (χ0) is 22.9. The number of aryl methyl sites for hydroxylation is 4. The second-order valence-corrected chi connectivity index (χ2v) is 10.0. The summed E-state index contributed by atoms with van der Waals surface area (Å²) in [7, 11) is -4.17. The smallest absolute Gasteiger partial charge is 0.267 e. The number of nitrogens with one attached hydrogen (secondary N) is 2. The molecule has 0 aliphatic heterocycles. The van der Waals surface area contributed by atoms with Crippen LogP contribution in [-0.2, 0) is 16.4 Å². The van der Waals surface area contributed by atoms with E-state index in [4.69, 9.17) is 16.1 Å². The van der Waals surface area contributed by atoms with Gasteiger partial charge < -0.3 is 14.9 Å². The number of amides is 1. The Kier molecular flexibility index (Phi) is 6.75. The number of carbonyl (C=O) groups is 1. The van der Waals surface area contributed by atoms with E-state index in [2.05, 4.69) is 15.2 Å². The van der Waals surface area contributed by atoms with E-state index >= 15 is 0 Å². The van der Waals surface area contributed by atoms with Gasteiger partial charge in [-0.15, -0.1) is 11.3 Å². The van der Waals surface area contributed by atoms with Gasteiger partial charge in [0.1, 0.15) is 20.5 Å². The molecule has 0 radical (unpaired) electrons. The van der Waals surface area contributed by atoms with Gasteiger partial charge in [-0.05, 0) is 56.2 Å².